The zero-order valence-corrected chi connectivity index (χ0v) is 8.18. The zero-order chi connectivity index (χ0) is 9.84. The van der Waals surface area contributed by atoms with Crippen LogP contribution in [0.5, 0.6) is 0 Å². The highest BCUT2D eigenvalue weighted by atomic mass is 16.5. The van der Waals surface area contributed by atoms with Gasteiger partial charge in [0.05, 0.1) is 12.2 Å². The van der Waals surface area contributed by atoms with E-state index in [-0.39, 0.29) is 5.97 Å². The van der Waals surface area contributed by atoms with Gasteiger partial charge >= 0.3 is 5.97 Å². The molecule has 0 aromatic rings. The number of nitrogens with zero attached hydrogens (tertiary/aromatic N) is 1. The number of allylic oxidation sites excluding steroid dienone is 1. The van der Waals surface area contributed by atoms with Crippen LogP contribution in [0.4, 0.5) is 0 Å². The fourth-order valence-electron chi connectivity index (χ4n) is 1.12. The van der Waals surface area contributed by atoms with Crippen LogP contribution in [-0.4, -0.2) is 18.3 Å². The number of carbonyl (C=O) groups excluding carboxylic acids is 1. The summed E-state index contributed by atoms with van der Waals surface area (Å²) in [6.07, 6.45) is 0.581. The van der Waals surface area contributed by atoms with Gasteiger partial charge < -0.3 is 4.74 Å². The summed E-state index contributed by atoms with van der Waals surface area (Å²) in [5.41, 5.74) is 5.14. The molecular weight excluding hydrogens is 168 g/mol. The molecule has 0 aliphatic carbocycles. The van der Waals surface area contributed by atoms with Gasteiger partial charge in [-0.3, -0.25) is 5.43 Å². The second-order valence-corrected chi connectivity index (χ2v) is 2.96. The molecule has 0 atom stereocenters. The Hall–Kier alpha value is -1.32. The van der Waals surface area contributed by atoms with Crippen LogP contribution in [0.1, 0.15) is 27.2 Å². The minimum absolute atomic E-state index is 0.248. The largest absolute Gasteiger partial charge is 0.463 e. The van der Waals surface area contributed by atoms with Crippen LogP contribution in [0, 0.1) is 0 Å². The minimum atomic E-state index is -0.248. The molecule has 0 aromatic heterocycles. The first kappa shape index (κ1) is 9.77. The number of hydrazone groups is 1. The van der Waals surface area contributed by atoms with E-state index in [2.05, 4.69) is 10.5 Å². The molecule has 4 nitrogen and oxygen atoms in total. The van der Waals surface area contributed by atoms with Crippen LogP contribution in [0.2, 0.25) is 0 Å². The third-order valence-corrected chi connectivity index (χ3v) is 1.82. The van der Waals surface area contributed by atoms with Gasteiger partial charge in [0.2, 0.25) is 0 Å². The van der Waals surface area contributed by atoms with E-state index in [0.29, 0.717) is 18.6 Å². The number of ether oxygens (including phenoxy) is 1. The standard InChI is InChI=1S/C9H14N2O2/c1-4-13-9(12)8-5-6(2)10-11-7(8)3/h11H,4-5H2,1-3H3. The van der Waals surface area contributed by atoms with Gasteiger partial charge in [-0.1, -0.05) is 0 Å². The number of esters is 1. The Balaban J connectivity index is 2.72. The third kappa shape index (κ3) is 2.31. The fraction of sp³-hybridized carbons (Fsp3) is 0.556. The van der Waals surface area contributed by atoms with Gasteiger partial charge in [-0.25, -0.2) is 4.79 Å². The molecule has 0 unspecified atom stereocenters. The molecule has 0 bridgehead atoms. The molecule has 1 rings (SSSR count). The third-order valence-electron chi connectivity index (χ3n) is 1.82. The summed E-state index contributed by atoms with van der Waals surface area (Å²) in [6.45, 7) is 5.90. The van der Waals surface area contributed by atoms with E-state index in [9.17, 15) is 4.79 Å². The summed E-state index contributed by atoms with van der Waals surface area (Å²) in [5, 5.41) is 4.00. The van der Waals surface area contributed by atoms with Crippen molar-refractivity contribution in [1.82, 2.24) is 5.43 Å². The molecule has 1 aliphatic heterocycles. The summed E-state index contributed by atoms with van der Waals surface area (Å²) in [7, 11) is 0. The van der Waals surface area contributed by atoms with Crippen molar-refractivity contribution in [3.8, 4) is 0 Å². The normalized spacial score (nSPS) is 16.4. The SMILES string of the molecule is CCOC(=O)C1=C(C)NN=C(C)C1. The van der Waals surface area contributed by atoms with Crippen LogP contribution in [-0.2, 0) is 9.53 Å². The van der Waals surface area contributed by atoms with Gasteiger partial charge in [0.15, 0.2) is 0 Å². The Morgan fingerprint density at radius 3 is 2.92 bits per heavy atom. The first-order valence-electron chi connectivity index (χ1n) is 4.31. The molecule has 1 aliphatic rings. The van der Waals surface area contributed by atoms with Crippen molar-refractivity contribution in [1.29, 1.82) is 0 Å². The second-order valence-electron chi connectivity index (χ2n) is 2.96. The van der Waals surface area contributed by atoms with Gasteiger partial charge in [-0.2, -0.15) is 5.10 Å². The number of hydrogen-bond donors (Lipinski definition) is 1. The van der Waals surface area contributed by atoms with Crippen molar-refractivity contribution in [2.24, 2.45) is 5.10 Å². The molecule has 0 saturated carbocycles. The van der Waals surface area contributed by atoms with E-state index in [1.807, 2.05) is 13.8 Å². The summed E-state index contributed by atoms with van der Waals surface area (Å²) < 4.78 is 4.91. The molecule has 1 heterocycles. The monoisotopic (exact) mass is 182 g/mol. The molecule has 0 aromatic carbocycles. The van der Waals surface area contributed by atoms with Crippen molar-refractivity contribution >= 4 is 11.7 Å². The van der Waals surface area contributed by atoms with Gasteiger partial charge in [-0.15, -0.1) is 0 Å². The lowest BCUT2D eigenvalue weighted by molar-refractivity contribution is -0.138. The van der Waals surface area contributed by atoms with Crippen molar-refractivity contribution in [3.05, 3.63) is 11.3 Å². The Morgan fingerprint density at radius 2 is 2.31 bits per heavy atom. The van der Waals surface area contributed by atoms with Gasteiger partial charge in [0.1, 0.15) is 0 Å². The van der Waals surface area contributed by atoms with Crippen molar-refractivity contribution < 1.29 is 9.53 Å². The number of rotatable bonds is 2. The van der Waals surface area contributed by atoms with Gasteiger partial charge in [-0.05, 0) is 20.8 Å². The summed E-state index contributed by atoms with van der Waals surface area (Å²) in [6, 6.07) is 0. The highest BCUT2D eigenvalue weighted by Crippen LogP contribution is 2.13. The van der Waals surface area contributed by atoms with Crippen molar-refractivity contribution in [2.75, 3.05) is 6.61 Å². The molecule has 13 heavy (non-hydrogen) atoms. The Morgan fingerprint density at radius 1 is 1.62 bits per heavy atom. The predicted octanol–water partition coefficient (Wildman–Crippen LogP) is 1.19. The minimum Gasteiger partial charge on any atom is -0.463 e. The maximum atomic E-state index is 11.4. The lowest BCUT2D eigenvalue weighted by Crippen LogP contribution is -2.22. The smallest absolute Gasteiger partial charge is 0.336 e. The summed E-state index contributed by atoms with van der Waals surface area (Å²) in [4.78, 5) is 11.4. The van der Waals surface area contributed by atoms with Crippen molar-refractivity contribution in [2.45, 2.75) is 27.2 Å². The number of nitrogens with one attached hydrogen (secondary N) is 1. The molecule has 0 amide bonds. The average molecular weight is 182 g/mol. The van der Waals surface area contributed by atoms with Crippen LogP contribution in [0.15, 0.2) is 16.4 Å². The van der Waals surface area contributed by atoms with Crippen LogP contribution < -0.4 is 5.43 Å². The van der Waals surface area contributed by atoms with Crippen LogP contribution >= 0.6 is 0 Å². The van der Waals surface area contributed by atoms with Crippen LogP contribution in [0.3, 0.4) is 0 Å². The highest BCUT2D eigenvalue weighted by molar-refractivity contribution is 5.98. The Labute approximate surface area is 77.7 Å². The summed E-state index contributed by atoms with van der Waals surface area (Å²) >= 11 is 0. The fourth-order valence-corrected chi connectivity index (χ4v) is 1.12. The Bertz CT molecular complexity index is 279. The maximum Gasteiger partial charge on any atom is 0.336 e. The maximum absolute atomic E-state index is 11.4. The van der Waals surface area contributed by atoms with Crippen LogP contribution in [0.25, 0.3) is 0 Å². The van der Waals surface area contributed by atoms with Gasteiger partial charge in [0.25, 0.3) is 0 Å². The van der Waals surface area contributed by atoms with E-state index in [4.69, 9.17) is 4.74 Å². The molecule has 0 saturated heterocycles. The topological polar surface area (TPSA) is 50.7 Å². The van der Waals surface area contributed by atoms with E-state index in [1.165, 1.54) is 0 Å². The van der Waals surface area contributed by atoms with Crippen molar-refractivity contribution in [3.63, 3.8) is 0 Å². The molecule has 1 N–H and O–H groups in total. The number of hydrogen-bond acceptors (Lipinski definition) is 4. The highest BCUT2D eigenvalue weighted by Gasteiger charge is 2.18. The molecular formula is C9H14N2O2. The average Bonchev–Trinajstić information content (AvgIpc) is 2.09. The lowest BCUT2D eigenvalue weighted by atomic mass is 10.1. The molecule has 72 valence electrons. The Kier molecular flexibility index (Phi) is 3.06. The predicted molar refractivity (Wildman–Crippen MR) is 50.2 cm³/mol. The zero-order valence-electron chi connectivity index (χ0n) is 8.18. The van der Waals surface area contributed by atoms with E-state index >= 15 is 0 Å². The second kappa shape index (κ2) is 4.07. The van der Waals surface area contributed by atoms with E-state index < -0.39 is 0 Å². The molecule has 0 radical (unpaired) electrons. The lowest BCUT2D eigenvalue weighted by Gasteiger charge is -2.15. The molecule has 0 fully saturated rings. The summed E-state index contributed by atoms with van der Waals surface area (Å²) in [5.74, 6) is -0.248. The molecule has 0 spiro atoms. The first-order chi connectivity index (χ1) is 6.15. The van der Waals surface area contributed by atoms with E-state index in [0.717, 1.165) is 11.4 Å². The first-order valence-corrected chi connectivity index (χ1v) is 4.31. The van der Waals surface area contributed by atoms with Gasteiger partial charge in [0, 0.05) is 17.8 Å². The van der Waals surface area contributed by atoms with E-state index in [1.54, 1.807) is 6.92 Å². The molecule has 4 heteroatoms. The number of carbonyl (C=O) groups is 1. The quantitative estimate of drug-likeness (QED) is 0.653.